The first kappa shape index (κ1) is 25.2. The Labute approximate surface area is 226 Å². The number of benzene rings is 4. The van der Waals surface area contributed by atoms with Crippen molar-refractivity contribution in [3.8, 4) is 28.8 Å². The van der Waals surface area contributed by atoms with E-state index in [0.29, 0.717) is 33.9 Å². The fourth-order valence-corrected chi connectivity index (χ4v) is 4.12. The van der Waals surface area contributed by atoms with Crippen molar-refractivity contribution >= 4 is 23.0 Å². The lowest BCUT2D eigenvalue weighted by atomic mass is 10.0. The normalized spacial score (nSPS) is 10.8. The average molecular weight is 513 g/mol. The molecule has 1 amide bonds. The summed E-state index contributed by atoms with van der Waals surface area (Å²) in [7, 11) is 1.56. The van der Waals surface area contributed by atoms with Crippen LogP contribution in [0.4, 0.5) is 0 Å². The summed E-state index contributed by atoms with van der Waals surface area (Å²) in [5, 5.41) is 14.0. The van der Waals surface area contributed by atoms with Crippen LogP contribution in [0.5, 0.6) is 11.5 Å². The molecule has 4 aromatic carbocycles. The molecular formula is C32H24N4O3. The van der Waals surface area contributed by atoms with Crippen molar-refractivity contribution in [3.63, 3.8) is 0 Å². The largest absolute Gasteiger partial charge is 0.493 e. The summed E-state index contributed by atoms with van der Waals surface area (Å²) in [6.07, 6.45) is 1.52. The Bertz CT molecular complexity index is 1690. The maximum absolute atomic E-state index is 13.3. The number of nitrogens with one attached hydrogen (secondary N) is 1. The predicted molar refractivity (Wildman–Crippen MR) is 151 cm³/mol. The van der Waals surface area contributed by atoms with Gasteiger partial charge in [0.05, 0.1) is 41.7 Å². The van der Waals surface area contributed by atoms with E-state index in [0.717, 1.165) is 22.0 Å². The third-order valence-electron chi connectivity index (χ3n) is 6.10. The molecule has 0 atom stereocenters. The maximum Gasteiger partial charge on any atom is 0.272 e. The number of carbonyl (C=O) groups is 1. The molecular weight excluding hydrogens is 488 g/mol. The second-order valence-electron chi connectivity index (χ2n) is 8.61. The number of hydrogen-bond acceptors (Lipinski definition) is 6. The number of ether oxygens (including phenoxy) is 2. The van der Waals surface area contributed by atoms with Crippen molar-refractivity contribution in [1.29, 1.82) is 5.26 Å². The first-order valence-corrected chi connectivity index (χ1v) is 12.2. The summed E-state index contributed by atoms with van der Waals surface area (Å²) in [5.74, 6) is 0.666. The van der Waals surface area contributed by atoms with Gasteiger partial charge in [-0.15, -0.1) is 0 Å². The van der Waals surface area contributed by atoms with Crippen LogP contribution in [0.25, 0.3) is 22.2 Å². The number of aromatic nitrogens is 1. The topological polar surface area (TPSA) is 96.6 Å². The minimum absolute atomic E-state index is 0.268. The molecule has 5 aromatic rings. The molecule has 39 heavy (non-hydrogen) atoms. The Morgan fingerprint density at radius 3 is 2.51 bits per heavy atom. The van der Waals surface area contributed by atoms with Crippen LogP contribution >= 0.6 is 0 Å². The van der Waals surface area contributed by atoms with Crippen molar-refractivity contribution in [2.45, 2.75) is 6.61 Å². The molecule has 5 rings (SSSR count). The quantitative estimate of drug-likeness (QED) is 0.199. The van der Waals surface area contributed by atoms with Crippen LogP contribution in [-0.4, -0.2) is 24.2 Å². The minimum atomic E-state index is -0.357. The van der Waals surface area contributed by atoms with Crippen molar-refractivity contribution in [2.75, 3.05) is 7.11 Å². The predicted octanol–water partition coefficient (Wildman–Crippen LogP) is 6.12. The summed E-state index contributed by atoms with van der Waals surface area (Å²) in [4.78, 5) is 18.0. The lowest BCUT2D eigenvalue weighted by molar-refractivity contribution is 0.0956. The zero-order valence-corrected chi connectivity index (χ0v) is 21.2. The molecule has 0 bridgehead atoms. The highest BCUT2D eigenvalue weighted by atomic mass is 16.5. The second kappa shape index (κ2) is 11.7. The molecule has 0 aliphatic carbocycles. The summed E-state index contributed by atoms with van der Waals surface area (Å²) in [6, 6.07) is 33.7. The Morgan fingerprint density at radius 2 is 1.74 bits per heavy atom. The van der Waals surface area contributed by atoms with Crippen LogP contribution in [0.2, 0.25) is 0 Å². The maximum atomic E-state index is 13.3. The van der Waals surface area contributed by atoms with Crippen LogP contribution in [0.15, 0.2) is 108 Å². The number of amides is 1. The number of carbonyl (C=O) groups excluding carboxylic acids is 1. The van der Waals surface area contributed by atoms with Gasteiger partial charge in [-0.05, 0) is 42.0 Å². The number of methoxy groups -OCH3 is 1. The molecule has 1 aromatic heterocycles. The van der Waals surface area contributed by atoms with E-state index in [1.54, 1.807) is 31.4 Å². The fourth-order valence-electron chi connectivity index (χ4n) is 4.12. The number of hydrogen-bond donors (Lipinski definition) is 1. The van der Waals surface area contributed by atoms with Crippen molar-refractivity contribution < 1.29 is 14.3 Å². The summed E-state index contributed by atoms with van der Waals surface area (Å²) in [6.45, 7) is 0.268. The van der Waals surface area contributed by atoms with Crippen LogP contribution in [0.3, 0.4) is 0 Å². The fraction of sp³-hybridized carbons (Fsp3) is 0.0625. The van der Waals surface area contributed by atoms with E-state index in [9.17, 15) is 4.79 Å². The minimum Gasteiger partial charge on any atom is -0.493 e. The average Bonchev–Trinajstić information content (AvgIpc) is 3.00. The molecule has 1 heterocycles. The van der Waals surface area contributed by atoms with Crippen LogP contribution in [0, 0.1) is 11.3 Å². The highest BCUT2D eigenvalue weighted by Gasteiger charge is 2.14. The van der Waals surface area contributed by atoms with Gasteiger partial charge in [0.1, 0.15) is 6.61 Å². The van der Waals surface area contributed by atoms with Crippen molar-refractivity contribution in [2.24, 2.45) is 5.10 Å². The van der Waals surface area contributed by atoms with Gasteiger partial charge in [0.2, 0.25) is 0 Å². The van der Waals surface area contributed by atoms with E-state index < -0.39 is 0 Å². The Morgan fingerprint density at radius 1 is 0.974 bits per heavy atom. The first-order valence-electron chi connectivity index (χ1n) is 12.2. The van der Waals surface area contributed by atoms with Gasteiger partial charge in [-0.25, -0.2) is 10.4 Å². The van der Waals surface area contributed by atoms with Gasteiger partial charge in [-0.3, -0.25) is 4.79 Å². The number of rotatable bonds is 8. The molecule has 0 spiro atoms. The van der Waals surface area contributed by atoms with Gasteiger partial charge in [-0.1, -0.05) is 66.7 Å². The smallest absolute Gasteiger partial charge is 0.272 e. The molecule has 0 saturated carbocycles. The zero-order chi connectivity index (χ0) is 27.0. The molecule has 0 saturated heterocycles. The van der Waals surface area contributed by atoms with Crippen LogP contribution < -0.4 is 14.9 Å². The first-order chi connectivity index (χ1) is 19.2. The number of fused-ring (bicyclic) bond motifs is 1. The molecule has 7 heteroatoms. The summed E-state index contributed by atoms with van der Waals surface area (Å²) in [5.41, 5.74) is 7.57. The van der Waals surface area contributed by atoms with Crippen LogP contribution in [-0.2, 0) is 6.61 Å². The molecule has 0 radical (unpaired) electrons. The van der Waals surface area contributed by atoms with E-state index in [2.05, 4.69) is 16.6 Å². The standard InChI is InChI=1S/C32H24N4O3/c1-38-30-13-7-10-25(31(30)39-21-23-16-14-22(19-33)15-17-23)20-34-36-32(37)27-18-29(24-8-3-2-4-9-24)35-28-12-6-5-11-26(27)28/h2-18,20H,21H2,1H3,(H,36,37)/b34-20-. The number of nitriles is 1. The monoisotopic (exact) mass is 512 g/mol. The molecule has 1 N–H and O–H groups in total. The Kier molecular flexibility index (Phi) is 7.56. The van der Waals surface area contributed by atoms with Crippen LogP contribution in [0.1, 0.15) is 27.0 Å². The lowest BCUT2D eigenvalue weighted by Crippen LogP contribution is -2.18. The molecule has 0 unspecified atom stereocenters. The van der Waals surface area contributed by atoms with Gasteiger partial charge in [0, 0.05) is 16.5 Å². The van der Waals surface area contributed by atoms with E-state index in [1.165, 1.54) is 6.21 Å². The van der Waals surface area contributed by atoms with E-state index >= 15 is 0 Å². The number of nitrogens with zero attached hydrogens (tertiary/aromatic N) is 3. The summed E-state index contributed by atoms with van der Waals surface area (Å²) >= 11 is 0. The molecule has 0 aliphatic rings. The number of hydrazone groups is 1. The summed E-state index contributed by atoms with van der Waals surface area (Å²) < 4.78 is 11.6. The van der Waals surface area contributed by atoms with E-state index in [-0.39, 0.29) is 12.5 Å². The Hall–Kier alpha value is -5.48. The highest BCUT2D eigenvalue weighted by molar-refractivity contribution is 6.07. The van der Waals surface area contributed by atoms with Gasteiger partial charge >= 0.3 is 0 Å². The third-order valence-corrected chi connectivity index (χ3v) is 6.10. The molecule has 0 aliphatic heterocycles. The van der Waals surface area contributed by atoms with Gasteiger partial charge < -0.3 is 9.47 Å². The van der Waals surface area contributed by atoms with E-state index in [1.807, 2.05) is 78.9 Å². The highest BCUT2D eigenvalue weighted by Crippen LogP contribution is 2.31. The number of pyridine rings is 1. The molecule has 190 valence electrons. The lowest BCUT2D eigenvalue weighted by Gasteiger charge is -2.13. The van der Waals surface area contributed by atoms with Crippen molar-refractivity contribution in [1.82, 2.24) is 10.4 Å². The zero-order valence-electron chi connectivity index (χ0n) is 21.2. The third kappa shape index (κ3) is 5.76. The number of para-hydroxylation sites is 2. The van der Waals surface area contributed by atoms with E-state index in [4.69, 9.17) is 19.7 Å². The molecule has 0 fully saturated rings. The van der Waals surface area contributed by atoms with Gasteiger partial charge in [0.15, 0.2) is 11.5 Å². The Balaban J connectivity index is 1.38. The van der Waals surface area contributed by atoms with Crippen molar-refractivity contribution in [3.05, 3.63) is 125 Å². The van der Waals surface area contributed by atoms with Gasteiger partial charge in [-0.2, -0.15) is 10.4 Å². The molecule has 7 nitrogen and oxygen atoms in total. The van der Waals surface area contributed by atoms with Gasteiger partial charge in [0.25, 0.3) is 5.91 Å². The second-order valence-corrected chi connectivity index (χ2v) is 8.61. The SMILES string of the molecule is COc1cccc(/C=N\NC(=O)c2cc(-c3ccccc3)nc3ccccc23)c1OCc1ccc(C#N)cc1.